The van der Waals surface area contributed by atoms with Gasteiger partial charge in [-0.1, -0.05) is 24.3 Å². The number of aromatic nitrogens is 1. The molecule has 17 heavy (non-hydrogen) atoms. The molecule has 2 rings (SSSR count). The van der Waals surface area contributed by atoms with E-state index in [1.807, 2.05) is 12.1 Å². The predicted octanol–water partition coefficient (Wildman–Crippen LogP) is 2.14. The molecule has 3 N–H and O–H groups in total. The molecular formula is C14H17N3. The van der Waals surface area contributed by atoms with Gasteiger partial charge in [0, 0.05) is 12.4 Å². The minimum absolute atomic E-state index is 0.124. The van der Waals surface area contributed by atoms with Crippen molar-refractivity contribution in [1.29, 1.82) is 0 Å². The van der Waals surface area contributed by atoms with Crippen molar-refractivity contribution in [2.24, 2.45) is 5.84 Å². The Morgan fingerprint density at radius 3 is 2.53 bits per heavy atom. The van der Waals surface area contributed by atoms with Crippen molar-refractivity contribution in [2.75, 3.05) is 0 Å². The van der Waals surface area contributed by atoms with Gasteiger partial charge in [-0.05, 0) is 42.2 Å². The van der Waals surface area contributed by atoms with Gasteiger partial charge in [-0.2, -0.15) is 0 Å². The monoisotopic (exact) mass is 227 g/mol. The van der Waals surface area contributed by atoms with Gasteiger partial charge in [-0.3, -0.25) is 16.3 Å². The number of hydrogen-bond donors (Lipinski definition) is 2. The number of nitrogens with one attached hydrogen (secondary N) is 1. The molecule has 0 aliphatic rings. The summed E-state index contributed by atoms with van der Waals surface area (Å²) in [5, 5.41) is 0. The Bertz CT molecular complexity index is 468. The standard InChI is InChI=1S/C14H17N3/c1-11-4-2-3-5-13(11)10-14(17-15)12-6-8-16-9-7-12/h2-9,14,17H,10,15H2,1H3. The third-order valence-electron chi connectivity index (χ3n) is 2.99. The molecule has 0 fully saturated rings. The summed E-state index contributed by atoms with van der Waals surface area (Å²) in [6, 6.07) is 12.5. The first kappa shape index (κ1) is 11.8. The second-order valence-electron chi connectivity index (χ2n) is 4.13. The first-order chi connectivity index (χ1) is 8.31. The van der Waals surface area contributed by atoms with Crippen molar-refractivity contribution in [2.45, 2.75) is 19.4 Å². The van der Waals surface area contributed by atoms with Crippen LogP contribution in [-0.4, -0.2) is 4.98 Å². The summed E-state index contributed by atoms with van der Waals surface area (Å²) < 4.78 is 0. The lowest BCUT2D eigenvalue weighted by atomic mass is 9.97. The van der Waals surface area contributed by atoms with Gasteiger partial charge in [0.25, 0.3) is 0 Å². The summed E-state index contributed by atoms with van der Waals surface area (Å²) in [4.78, 5) is 4.02. The first-order valence-electron chi connectivity index (χ1n) is 5.72. The van der Waals surface area contributed by atoms with Crippen molar-refractivity contribution in [3.05, 3.63) is 65.5 Å². The van der Waals surface area contributed by atoms with E-state index in [0.29, 0.717) is 0 Å². The highest BCUT2D eigenvalue weighted by atomic mass is 15.2. The van der Waals surface area contributed by atoms with Gasteiger partial charge in [0.1, 0.15) is 0 Å². The van der Waals surface area contributed by atoms with Crippen LogP contribution in [-0.2, 0) is 6.42 Å². The second-order valence-corrected chi connectivity index (χ2v) is 4.13. The molecule has 3 heteroatoms. The molecule has 88 valence electrons. The Kier molecular flexibility index (Phi) is 3.85. The van der Waals surface area contributed by atoms with Gasteiger partial charge in [0.15, 0.2) is 0 Å². The van der Waals surface area contributed by atoms with E-state index in [-0.39, 0.29) is 6.04 Å². The molecule has 3 nitrogen and oxygen atoms in total. The molecule has 1 aromatic heterocycles. The Hall–Kier alpha value is -1.71. The van der Waals surface area contributed by atoms with Gasteiger partial charge in [-0.25, -0.2) is 0 Å². The third kappa shape index (κ3) is 2.90. The number of nitrogens with two attached hydrogens (primary N) is 1. The zero-order valence-corrected chi connectivity index (χ0v) is 9.93. The van der Waals surface area contributed by atoms with E-state index in [0.717, 1.165) is 12.0 Å². The van der Waals surface area contributed by atoms with Crippen molar-refractivity contribution in [3.8, 4) is 0 Å². The Balaban J connectivity index is 2.19. The molecule has 1 heterocycles. The highest BCUT2D eigenvalue weighted by molar-refractivity contribution is 5.28. The van der Waals surface area contributed by atoms with E-state index in [1.54, 1.807) is 12.4 Å². The van der Waals surface area contributed by atoms with Gasteiger partial charge in [0.05, 0.1) is 6.04 Å². The zero-order valence-electron chi connectivity index (χ0n) is 9.93. The van der Waals surface area contributed by atoms with Crippen LogP contribution in [0.1, 0.15) is 22.7 Å². The molecule has 0 aliphatic carbocycles. The third-order valence-corrected chi connectivity index (χ3v) is 2.99. The van der Waals surface area contributed by atoms with E-state index in [2.05, 4.69) is 41.6 Å². The number of hydrazine groups is 1. The maximum atomic E-state index is 5.63. The van der Waals surface area contributed by atoms with Crippen molar-refractivity contribution in [1.82, 2.24) is 10.4 Å². The summed E-state index contributed by atoms with van der Waals surface area (Å²) in [5.41, 5.74) is 6.63. The predicted molar refractivity (Wildman–Crippen MR) is 69.2 cm³/mol. The number of hydrogen-bond acceptors (Lipinski definition) is 3. The number of pyridine rings is 1. The van der Waals surface area contributed by atoms with Crippen LogP contribution < -0.4 is 11.3 Å². The van der Waals surface area contributed by atoms with E-state index < -0.39 is 0 Å². The maximum Gasteiger partial charge on any atom is 0.0501 e. The Labute approximate surface area is 102 Å². The van der Waals surface area contributed by atoms with Gasteiger partial charge in [-0.15, -0.1) is 0 Å². The maximum absolute atomic E-state index is 5.63. The molecule has 2 aromatic rings. The summed E-state index contributed by atoms with van der Waals surface area (Å²) in [6.45, 7) is 2.12. The summed E-state index contributed by atoms with van der Waals surface area (Å²) in [5.74, 6) is 5.63. The lowest BCUT2D eigenvalue weighted by molar-refractivity contribution is 0.550. The molecule has 1 unspecified atom stereocenters. The topological polar surface area (TPSA) is 50.9 Å². The number of aryl methyl sites for hydroxylation is 1. The number of rotatable bonds is 4. The van der Waals surface area contributed by atoms with Gasteiger partial charge < -0.3 is 0 Å². The highest BCUT2D eigenvalue weighted by Crippen LogP contribution is 2.19. The van der Waals surface area contributed by atoms with Crippen LogP contribution in [0, 0.1) is 6.92 Å². The van der Waals surface area contributed by atoms with E-state index in [9.17, 15) is 0 Å². The molecule has 0 spiro atoms. The van der Waals surface area contributed by atoms with Crippen LogP contribution in [0.3, 0.4) is 0 Å². The molecule has 0 saturated carbocycles. The van der Waals surface area contributed by atoms with Gasteiger partial charge in [0.2, 0.25) is 0 Å². The normalized spacial score (nSPS) is 12.4. The Morgan fingerprint density at radius 2 is 1.88 bits per heavy atom. The molecule has 0 saturated heterocycles. The van der Waals surface area contributed by atoms with Crippen LogP contribution in [0.15, 0.2) is 48.8 Å². The number of nitrogens with zero attached hydrogens (tertiary/aromatic N) is 1. The molecule has 1 aromatic carbocycles. The average molecular weight is 227 g/mol. The van der Waals surface area contributed by atoms with Crippen LogP contribution in [0.4, 0.5) is 0 Å². The van der Waals surface area contributed by atoms with Crippen LogP contribution in [0.5, 0.6) is 0 Å². The van der Waals surface area contributed by atoms with Crippen LogP contribution >= 0.6 is 0 Å². The SMILES string of the molecule is Cc1ccccc1CC(NN)c1ccncc1. The fourth-order valence-electron chi connectivity index (χ4n) is 1.93. The quantitative estimate of drug-likeness (QED) is 0.621. The van der Waals surface area contributed by atoms with Crippen LogP contribution in [0.2, 0.25) is 0 Å². The van der Waals surface area contributed by atoms with E-state index in [4.69, 9.17) is 5.84 Å². The molecule has 0 bridgehead atoms. The lowest BCUT2D eigenvalue weighted by Gasteiger charge is -2.17. The molecule has 0 aliphatic heterocycles. The minimum Gasteiger partial charge on any atom is -0.271 e. The summed E-state index contributed by atoms with van der Waals surface area (Å²) in [7, 11) is 0. The summed E-state index contributed by atoms with van der Waals surface area (Å²) >= 11 is 0. The molecule has 1 atom stereocenters. The van der Waals surface area contributed by atoms with E-state index >= 15 is 0 Å². The zero-order chi connectivity index (χ0) is 12.1. The van der Waals surface area contributed by atoms with Crippen LogP contribution in [0.25, 0.3) is 0 Å². The fraction of sp³-hybridized carbons (Fsp3) is 0.214. The average Bonchev–Trinajstić information content (AvgIpc) is 2.39. The minimum atomic E-state index is 0.124. The van der Waals surface area contributed by atoms with E-state index in [1.165, 1.54) is 11.1 Å². The highest BCUT2D eigenvalue weighted by Gasteiger charge is 2.11. The molecule has 0 radical (unpaired) electrons. The van der Waals surface area contributed by atoms with Gasteiger partial charge >= 0.3 is 0 Å². The first-order valence-corrected chi connectivity index (χ1v) is 5.72. The summed E-state index contributed by atoms with van der Waals surface area (Å²) in [6.07, 6.45) is 4.46. The lowest BCUT2D eigenvalue weighted by Crippen LogP contribution is -2.29. The largest absolute Gasteiger partial charge is 0.271 e. The van der Waals surface area contributed by atoms with Crippen molar-refractivity contribution < 1.29 is 0 Å². The number of benzene rings is 1. The fourth-order valence-corrected chi connectivity index (χ4v) is 1.93. The second kappa shape index (κ2) is 5.57. The molecule has 0 amide bonds. The smallest absolute Gasteiger partial charge is 0.0501 e. The van der Waals surface area contributed by atoms with Crippen molar-refractivity contribution in [3.63, 3.8) is 0 Å². The molecular weight excluding hydrogens is 210 g/mol. The Morgan fingerprint density at radius 1 is 1.18 bits per heavy atom. The van der Waals surface area contributed by atoms with Crippen molar-refractivity contribution >= 4 is 0 Å².